The minimum absolute atomic E-state index is 0.120. The molecular formula is C10H13NO2. The van der Waals surface area contributed by atoms with Crippen LogP contribution in [-0.2, 0) is 9.59 Å². The molecule has 0 amide bonds. The van der Waals surface area contributed by atoms with E-state index in [4.69, 9.17) is 5.73 Å². The molecule has 1 aliphatic rings. The van der Waals surface area contributed by atoms with Crippen molar-refractivity contribution in [3.8, 4) is 0 Å². The minimum atomic E-state index is -0.245. The van der Waals surface area contributed by atoms with Gasteiger partial charge >= 0.3 is 0 Å². The summed E-state index contributed by atoms with van der Waals surface area (Å²) in [6, 6.07) is 0. The number of carbonyl (C=O) groups is 2. The molecule has 0 aromatic rings. The summed E-state index contributed by atoms with van der Waals surface area (Å²) in [4.78, 5) is 22.4. The molecular weight excluding hydrogens is 166 g/mol. The zero-order valence-corrected chi connectivity index (χ0v) is 7.67. The predicted molar refractivity (Wildman–Crippen MR) is 49.9 cm³/mol. The van der Waals surface area contributed by atoms with E-state index in [9.17, 15) is 9.59 Å². The fourth-order valence-electron chi connectivity index (χ4n) is 1.23. The molecule has 0 atom stereocenters. The van der Waals surface area contributed by atoms with E-state index < -0.39 is 0 Å². The Morgan fingerprint density at radius 1 is 1.23 bits per heavy atom. The lowest BCUT2D eigenvalue weighted by Crippen LogP contribution is -2.20. The van der Waals surface area contributed by atoms with Gasteiger partial charge in [-0.15, -0.1) is 0 Å². The number of hydrogen-bond acceptors (Lipinski definition) is 3. The Labute approximate surface area is 77.3 Å². The summed E-state index contributed by atoms with van der Waals surface area (Å²) in [5, 5.41) is 0. The summed E-state index contributed by atoms with van der Waals surface area (Å²) in [6.07, 6.45) is 5.01. The molecule has 0 radical (unpaired) electrons. The maximum atomic E-state index is 11.3. The number of ketones is 2. The first-order chi connectivity index (χ1) is 6.16. The summed E-state index contributed by atoms with van der Waals surface area (Å²) in [6.45, 7) is 2.03. The summed E-state index contributed by atoms with van der Waals surface area (Å²) in [5.74, 6) is -0.365. The molecule has 0 saturated carbocycles. The third kappa shape index (κ3) is 2.05. The van der Waals surface area contributed by atoms with Crippen LogP contribution < -0.4 is 5.73 Å². The molecule has 13 heavy (non-hydrogen) atoms. The fraction of sp³-hybridized carbons (Fsp3) is 0.400. The summed E-state index contributed by atoms with van der Waals surface area (Å²) < 4.78 is 0. The van der Waals surface area contributed by atoms with E-state index in [1.54, 1.807) is 0 Å². The molecule has 0 saturated heterocycles. The Morgan fingerprint density at radius 2 is 1.85 bits per heavy atom. The first-order valence-electron chi connectivity index (χ1n) is 4.42. The van der Waals surface area contributed by atoms with Crippen LogP contribution in [0.4, 0.5) is 0 Å². The van der Waals surface area contributed by atoms with Crippen molar-refractivity contribution in [3.05, 3.63) is 23.4 Å². The number of allylic oxidation sites excluding steroid dienone is 3. The van der Waals surface area contributed by atoms with Gasteiger partial charge in [0.25, 0.3) is 0 Å². The topological polar surface area (TPSA) is 60.2 Å². The van der Waals surface area contributed by atoms with Crippen molar-refractivity contribution in [1.29, 1.82) is 0 Å². The summed E-state index contributed by atoms with van der Waals surface area (Å²) >= 11 is 0. The van der Waals surface area contributed by atoms with Crippen LogP contribution in [0.2, 0.25) is 0 Å². The van der Waals surface area contributed by atoms with Crippen molar-refractivity contribution in [2.24, 2.45) is 5.73 Å². The second-order valence-corrected chi connectivity index (χ2v) is 3.06. The average molecular weight is 179 g/mol. The van der Waals surface area contributed by atoms with Crippen LogP contribution in [0.15, 0.2) is 23.4 Å². The van der Waals surface area contributed by atoms with Gasteiger partial charge in [-0.3, -0.25) is 9.59 Å². The Balaban J connectivity index is 2.83. The van der Waals surface area contributed by atoms with Crippen LogP contribution in [0.1, 0.15) is 26.2 Å². The van der Waals surface area contributed by atoms with Gasteiger partial charge in [-0.2, -0.15) is 0 Å². The fourth-order valence-corrected chi connectivity index (χ4v) is 1.23. The molecule has 1 rings (SSSR count). The molecule has 0 aromatic carbocycles. The Kier molecular flexibility index (Phi) is 3.01. The van der Waals surface area contributed by atoms with E-state index in [-0.39, 0.29) is 17.3 Å². The van der Waals surface area contributed by atoms with Gasteiger partial charge in [0, 0.05) is 5.57 Å². The first kappa shape index (κ1) is 9.71. The van der Waals surface area contributed by atoms with E-state index in [2.05, 4.69) is 0 Å². The van der Waals surface area contributed by atoms with Crippen LogP contribution in [-0.4, -0.2) is 11.6 Å². The normalized spacial score (nSPS) is 17.0. The van der Waals surface area contributed by atoms with Crippen molar-refractivity contribution in [2.45, 2.75) is 26.2 Å². The van der Waals surface area contributed by atoms with Crippen molar-refractivity contribution >= 4 is 11.6 Å². The predicted octanol–water partition coefficient (Wildman–Crippen LogP) is 1.10. The smallest absolute Gasteiger partial charge is 0.202 e. The van der Waals surface area contributed by atoms with Gasteiger partial charge in [-0.1, -0.05) is 13.3 Å². The molecule has 0 unspecified atom stereocenters. The lowest BCUT2D eigenvalue weighted by molar-refractivity contribution is -0.115. The lowest BCUT2D eigenvalue weighted by Gasteiger charge is -2.09. The van der Waals surface area contributed by atoms with Gasteiger partial charge in [-0.25, -0.2) is 0 Å². The van der Waals surface area contributed by atoms with Crippen molar-refractivity contribution in [3.63, 3.8) is 0 Å². The van der Waals surface area contributed by atoms with Crippen molar-refractivity contribution < 1.29 is 9.59 Å². The van der Waals surface area contributed by atoms with Crippen LogP contribution in [0.3, 0.4) is 0 Å². The van der Waals surface area contributed by atoms with Crippen LogP contribution in [0.25, 0.3) is 0 Å². The Hall–Kier alpha value is -1.38. The quantitative estimate of drug-likeness (QED) is 0.660. The van der Waals surface area contributed by atoms with Gasteiger partial charge in [0.05, 0.1) is 5.70 Å². The van der Waals surface area contributed by atoms with E-state index in [0.717, 1.165) is 12.8 Å². The maximum Gasteiger partial charge on any atom is 0.202 e. The van der Waals surface area contributed by atoms with Crippen molar-refractivity contribution in [2.75, 3.05) is 0 Å². The number of hydrogen-bond donors (Lipinski definition) is 1. The number of rotatable bonds is 3. The van der Waals surface area contributed by atoms with Crippen LogP contribution in [0, 0.1) is 0 Å². The molecule has 1 aliphatic carbocycles. The van der Waals surface area contributed by atoms with Gasteiger partial charge in [0.15, 0.2) is 5.78 Å². The number of carbonyl (C=O) groups excluding carboxylic acids is 2. The molecule has 70 valence electrons. The van der Waals surface area contributed by atoms with E-state index in [0.29, 0.717) is 12.0 Å². The van der Waals surface area contributed by atoms with E-state index in [1.807, 2.05) is 6.92 Å². The van der Waals surface area contributed by atoms with Gasteiger partial charge < -0.3 is 5.73 Å². The molecule has 0 heterocycles. The molecule has 0 fully saturated rings. The Morgan fingerprint density at radius 3 is 2.46 bits per heavy atom. The molecule has 0 spiro atoms. The molecule has 2 N–H and O–H groups in total. The first-order valence-corrected chi connectivity index (χ1v) is 4.42. The number of nitrogens with two attached hydrogens (primary N) is 1. The highest BCUT2D eigenvalue weighted by Crippen LogP contribution is 2.16. The zero-order valence-electron chi connectivity index (χ0n) is 7.67. The molecule has 0 aromatic heterocycles. The average Bonchev–Trinajstić information content (AvgIpc) is 2.12. The van der Waals surface area contributed by atoms with Gasteiger partial charge in [0.1, 0.15) is 0 Å². The third-order valence-corrected chi connectivity index (χ3v) is 2.05. The number of unbranched alkanes of at least 4 members (excludes halogenated alkanes) is 1. The van der Waals surface area contributed by atoms with Crippen molar-refractivity contribution in [1.82, 2.24) is 0 Å². The Bertz CT molecular complexity index is 300. The van der Waals surface area contributed by atoms with Gasteiger partial charge in [-0.05, 0) is 25.0 Å². The standard InChI is InChI=1S/C10H13NO2/c1-2-3-4-7-8(12)5-6-9(13)10(7)11/h5-6H,2-4,11H2,1H3. The minimum Gasteiger partial charge on any atom is -0.395 e. The maximum absolute atomic E-state index is 11.3. The van der Waals surface area contributed by atoms with Crippen LogP contribution >= 0.6 is 0 Å². The van der Waals surface area contributed by atoms with Gasteiger partial charge in [0.2, 0.25) is 5.78 Å². The second-order valence-electron chi connectivity index (χ2n) is 3.06. The van der Waals surface area contributed by atoms with E-state index >= 15 is 0 Å². The molecule has 0 aliphatic heterocycles. The third-order valence-electron chi connectivity index (χ3n) is 2.05. The SMILES string of the molecule is CCCCC1=C(N)C(=O)C=CC1=O. The highest BCUT2D eigenvalue weighted by atomic mass is 16.1. The molecule has 3 nitrogen and oxygen atoms in total. The lowest BCUT2D eigenvalue weighted by atomic mass is 9.96. The summed E-state index contributed by atoms with van der Waals surface area (Å²) in [5.41, 5.74) is 6.12. The summed E-state index contributed by atoms with van der Waals surface area (Å²) in [7, 11) is 0. The van der Waals surface area contributed by atoms with E-state index in [1.165, 1.54) is 12.2 Å². The highest BCUT2D eigenvalue weighted by molar-refractivity contribution is 6.19. The zero-order chi connectivity index (χ0) is 9.84. The molecule has 0 bridgehead atoms. The molecule has 3 heteroatoms. The highest BCUT2D eigenvalue weighted by Gasteiger charge is 2.18. The largest absolute Gasteiger partial charge is 0.395 e. The van der Waals surface area contributed by atoms with Crippen LogP contribution in [0.5, 0.6) is 0 Å². The monoisotopic (exact) mass is 179 g/mol. The second kappa shape index (κ2) is 4.03.